The second kappa shape index (κ2) is 8.40. The third-order valence-corrected chi connectivity index (χ3v) is 4.10. The summed E-state index contributed by atoms with van der Waals surface area (Å²) in [5.41, 5.74) is 1.32. The summed E-state index contributed by atoms with van der Waals surface area (Å²) in [6, 6.07) is 12.6. The van der Waals surface area contributed by atoms with Crippen LogP contribution in [0, 0.1) is 24.0 Å². The van der Waals surface area contributed by atoms with Crippen molar-refractivity contribution in [3.8, 4) is 23.6 Å². The number of benzene rings is 2. The van der Waals surface area contributed by atoms with Gasteiger partial charge in [-0.15, -0.1) is 12.3 Å². The number of hydrogen-bond acceptors (Lipinski definition) is 3. The van der Waals surface area contributed by atoms with Crippen molar-refractivity contribution in [1.82, 2.24) is 9.78 Å². The molecule has 0 saturated carbocycles. The summed E-state index contributed by atoms with van der Waals surface area (Å²) in [6.07, 6.45) is 5.80. The molecular formula is C22H16F2N2O2. The highest BCUT2D eigenvalue weighted by Gasteiger charge is 2.09. The lowest BCUT2D eigenvalue weighted by atomic mass is 10.0. The van der Waals surface area contributed by atoms with Crippen molar-refractivity contribution in [2.24, 2.45) is 0 Å². The lowest BCUT2D eigenvalue weighted by molar-refractivity contribution is 0.0984. The van der Waals surface area contributed by atoms with Gasteiger partial charge in [0.25, 0.3) is 5.56 Å². The van der Waals surface area contributed by atoms with Crippen LogP contribution in [0.5, 0.6) is 0 Å². The first-order chi connectivity index (χ1) is 13.5. The summed E-state index contributed by atoms with van der Waals surface area (Å²) in [4.78, 5) is 24.3. The topological polar surface area (TPSA) is 52.0 Å². The molecule has 0 amide bonds. The SMILES string of the molecule is C#CCCC(=O)c1cccc(Cn2nc(-c3cc(F)cc(F)c3)ccc2=O)c1. The normalized spacial score (nSPS) is 10.5. The molecule has 4 nitrogen and oxygen atoms in total. The van der Waals surface area contributed by atoms with Gasteiger partial charge < -0.3 is 0 Å². The number of carbonyl (C=O) groups is 1. The van der Waals surface area contributed by atoms with Gasteiger partial charge in [-0.1, -0.05) is 18.2 Å². The standard InChI is InChI=1S/C22H16F2N2O2/c1-2-3-7-21(27)16-6-4-5-15(10-16)14-26-22(28)9-8-20(25-26)17-11-18(23)13-19(24)12-17/h1,4-6,8-13H,3,7,14H2. The molecular weight excluding hydrogens is 362 g/mol. The van der Waals surface area contributed by atoms with Gasteiger partial charge >= 0.3 is 0 Å². The van der Waals surface area contributed by atoms with E-state index < -0.39 is 11.6 Å². The number of ketones is 1. The van der Waals surface area contributed by atoms with E-state index in [0.29, 0.717) is 17.5 Å². The van der Waals surface area contributed by atoms with Gasteiger partial charge in [-0.25, -0.2) is 13.5 Å². The minimum Gasteiger partial charge on any atom is -0.294 e. The van der Waals surface area contributed by atoms with Crippen LogP contribution in [0.4, 0.5) is 8.78 Å². The summed E-state index contributed by atoms with van der Waals surface area (Å²) in [5, 5.41) is 4.20. The molecule has 0 aliphatic heterocycles. The van der Waals surface area contributed by atoms with Crippen LogP contribution in [-0.4, -0.2) is 15.6 Å². The Morgan fingerprint density at radius 1 is 1.07 bits per heavy atom. The summed E-state index contributed by atoms with van der Waals surface area (Å²) in [6.45, 7) is 0.112. The molecule has 0 saturated heterocycles. The smallest absolute Gasteiger partial charge is 0.267 e. The van der Waals surface area contributed by atoms with Crippen molar-refractivity contribution in [3.05, 3.63) is 87.7 Å². The molecule has 0 bridgehead atoms. The third-order valence-electron chi connectivity index (χ3n) is 4.10. The Morgan fingerprint density at radius 2 is 1.82 bits per heavy atom. The number of hydrogen-bond donors (Lipinski definition) is 0. The largest absolute Gasteiger partial charge is 0.294 e. The molecule has 0 aliphatic rings. The molecule has 2 aromatic carbocycles. The van der Waals surface area contributed by atoms with E-state index in [1.165, 1.54) is 16.8 Å². The lowest BCUT2D eigenvalue weighted by Gasteiger charge is -2.09. The Hall–Kier alpha value is -3.59. The maximum Gasteiger partial charge on any atom is 0.267 e. The third kappa shape index (κ3) is 4.57. The van der Waals surface area contributed by atoms with E-state index >= 15 is 0 Å². The molecule has 3 rings (SSSR count). The van der Waals surface area contributed by atoms with Gasteiger partial charge in [0.05, 0.1) is 12.2 Å². The molecule has 0 radical (unpaired) electrons. The Kier molecular flexibility index (Phi) is 5.75. The number of rotatable bonds is 6. The average molecular weight is 378 g/mol. The van der Waals surface area contributed by atoms with Crippen LogP contribution in [0.25, 0.3) is 11.3 Å². The monoisotopic (exact) mass is 378 g/mol. The highest BCUT2D eigenvalue weighted by Crippen LogP contribution is 2.19. The molecule has 0 fully saturated rings. The fraction of sp³-hybridized carbons (Fsp3) is 0.136. The minimum atomic E-state index is -0.729. The molecule has 0 spiro atoms. The van der Waals surface area contributed by atoms with Crippen LogP contribution in [0.1, 0.15) is 28.8 Å². The molecule has 6 heteroatoms. The number of terminal acetylenes is 1. The lowest BCUT2D eigenvalue weighted by Crippen LogP contribution is -2.23. The van der Waals surface area contributed by atoms with Crippen molar-refractivity contribution < 1.29 is 13.6 Å². The van der Waals surface area contributed by atoms with Gasteiger partial charge in [0.15, 0.2) is 5.78 Å². The first-order valence-electron chi connectivity index (χ1n) is 8.56. The molecule has 1 aromatic heterocycles. The predicted molar refractivity (Wildman–Crippen MR) is 102 cm³/mol. The van der Waals surface area contributed by atoms with Gasteiger partial charge in [0.1, 0.15) is 11.6 Å². The van der Waals surface area contributed by atoms with Crippen LogP contribution in [-0.2, 0) is 6.54 Å². The molecule has 0 unspecified atom stereocenters. The van der Waals surface area contributed by atoms with E-state index in [9.17, 15) is 18.4 Å². The van der Waals surface area contributed by atoms with Crippen LogP contribution in [0.15, 0.2) is 59.4 Å². The Bertz CT molecular complexity index is 1110. The second-order valence-corrected chi connectivity index (χ2v) is 6.20. The molecule has 0 N–H and O–H groups in total. The van der Waals surface area contributed by atoms with Gasteiger partial charge in [-0.05, 0) is 29.8 Å². The number of aromatic nitrogens is 2. The zero-order valence-electron chi connectivity index (χ0n) is 14.9. The van der Waals surface area contributed by atoms with E-state index in [1.54, 1.807) is 24.3 Å². The number of carbonyl (C=O) groups excluding carboxylic acids is 1. The zero-order valence-corrected chi connectivity index (χ0v) is 14.9. The molecule has 140 valence electrons. The van der Waals surface area contributed by atoms with E-state index in [0.717, 1.165) is 18.2 Å². The molecule has 3 aromatic rings. The minimum absolute atomic E-state index is 0.0795. The van der Waals surface area contributed by atoms with Crippen molar-refractivity contribution >= 4 is 5.78 Å². The zero-order chi connectivity index (χ0) is 20.1. The van der Waals surface area contributed by atoms with E-state index in [4.69, 9.17) is 6.42 Å². The van der Waals surface area contributed by atoms with Crippen LogP contribution >= 0.6 is 0 Å². The first-order valence-corrected chi connectivity index (χ1v) is 8.56. The fourth-order valence-corrected chi connectivity index (χ4v) is 2.76. The van der Waals surface area contributed by atoms with Crippen LogP contribution < -0.4 is 5.56 Å². The van der Waals surface area contributed by atoms with Gasteiger partial charge in [0, 0.05) is 36.1 Å². The highest BCUT2D eigenvalue weighted by atomic mass is 19.1. The highest BCUT2D eigenvalue weighted by molar-refractivity contribution is 5.96. The summed E-state index contributed by atoms with van der Waals surface area (Å²) in [7, 11) is 0. The molecule has 0 atom stereocenters. The maximum absolute atomic E-state index is 13.5. The van der Waals surface area contributed by atoms with Crippen molar-refractivity contribution in [3.63, 3.8) is 0 Å². The maximum atomic E-state index is 13.5. The number of halogens is 2. The summed E-state index contributed by atoms with van der Waals surface area (Å²) in [5.74, 6) is 0.893. The quantitative estimate of drug-likeness (QED) is 0.484. The Balaban J connectivity index is 1.90. The van der Waals surface area contributed by atoms with Crippen LogP contribution in [0.3, 0.4) is 0 Å². The van der Waals surface area contributed by atoms with Gasteiger partial charge in [-0.3, -0.25) is 9.59 Å². The molecule has 1 heterocycles. The van der Waals surface area contributed by atoms with E-state index in [-0.39, 0.29) is 35.6 Å². The summed E-state index contributed by atoms with van der Waals surface area (Å²) >= 11 is 0. The van der Waals surface area contributed by atoms with Gasteiger partial charge in [-0.2, -0.15) is 5.10 Å². The van der Waals surface area contributed by atoms with E-state index in [1.807, 2.05) is 0 Å². The number of Topliss-reactive ketones (excluding diaryl/α,β-unsaturated/α-hetero) is 1. The predicted octanol–water partition coefficient (Wildman–Crippen LogP) is 3.83. The second-order valence-electron chi connectivity index (χ2n) is 6.20. The van der Waals surface area contributed by atoms with Gasteiger partial charge in [0.2, 0.25) is 0 Å². The average Bonchev–Trinajstić information content (AvgIpc) is 2.67. The number of nitrogens with zero attached hydrogens (tertiary/aromatic N) is 2. The van der Waals surface area contributed by atoms with Crippen molar-refractivity contribution in [2.75, 3.05) is 0 Å². The fourth-order valence-electron chi connectivity index (χ4n) is 2.76. The Morgan fingerprint density at radius 3 is 2.54 bits per heavy atom. The molecule has 0 aliphatic carbocycles. The van der Waals surface area contributed by atoms with Crippen molar-refractivity contribution in [2.45, 2.75) is 19.4 Å². The van der Waals surface area contributed by atoms with Crippen LogP contribution in [0.2, 0.25) is 0 Å². The summed E-state index contributed by atoms with van der Waals surface area (Å²) < 4.78 is 28.1. The van der Waals surface area contributed by atoms with Crippen molar-refractivity contribution in [1.29, 1.82) is 0 Å². The first kappa shape index (κ1) is 19.2. The van der Waals surface area contributed by atoms with E-state index in [2.05, 4.69) is 11.0 Å². The Labute approximate surface area is 160 Å². The molecule has 28 heavy (non-hydrogen) atoms.